The highest BCUT2D eigenvalue weighted by Gasteiger charge is 2.15. The summed E-state index contributed by atoms with van der Waals surface area (Å²) in [5, 5.41) is 6.68. The molecule has 0 radical (unpaired) electrons. The van der Waals surface area contributed by atoms with Crippen molar-refractivity contribution < 1.29 is 9.47 Å². The van der Waals surface area contributed by atoms with Crippen LogP contribution in [0.4, 0.5) is 5.69 Å². The second kappa shape index (κ2) is 11.7. The second-order valence-corrected chi connectivity index (χ2v) is 6.15. The zero-order chi connectivity index (χ0) is 17.7. The number of para-hydroxylation sites is 1. The number of rotatable bonds is 10. The van der Waals surface area contributed by atoms with Crippen molar-refractivity contribution in [2.75, 3.05) is 57.9 Å². The summed E-state index contributed by atoms with van der Waals surface area (Å²) in [6, 6.07) is 10.4. The van der Waals surface area contributed by atoms with Gasteiger partial charge in [0.2, 0.25) is 0 Å². The number of nitrogens with one attached hydrogen (secondary N) is 2. The predicted octanol–water partition coefficient (Wildman–Crippen LogP) is 1.87. The Morgan fingerprint density at radius 3 is 2.88 bits per heavy atom. The number of benzene rings is 1. The van der Waals surface area contributed by atoms with E-state index in [2.05, 4.69) is 58.8 Å². The molecule has 0 spiro atoms. The minimum atomic E-state index is 0.281. The Labute approximate surface area is 151 Å². The molecule has 0 aromatic heterocycles. The fraction of sp³-hybridized carbons (Fsp3) is 0.632. The maximum Gasteiger partial charge on any atom is 0.191 e. The first-order valence-electron chi connectivity index (χ1n) is 9.27. The molecule has 1 saturated heterocycles. The summed E-state index contributed by atoms with van der Waals surface area (Å²) in [7, 11) is 2.10. The number of likely N-dealkylation sites (N-methyl/N-ethyl adjacent to an activating group) is 1. The Balaban J connectivity index is 1.63. The smallest absolute Gasteiger partial charge is 0.191 e. The minimum absolute atomic E-state index is 0.281. The van der Waals surface area contributed by atoms with Crippen LogP contribution in [-0.2, 0) is 9.47 Å². The molecule has 1 aromatic rings. The zero-order valence-corrected chi connectivity index (χ0v) is 15.5. The highest BCUT2D eigenvalue weighted by atomic mass is 16.5. The van der Waals surface area contributed by atoms with Crippen LogP contribution in [0.2, 0.25) is 0 Å². The maximum absolute atomic E-state index is 5.76. The molecular formula is C19H32N4O2. The van der Waals surface area contributed by atoms with Gasteiger partial charge in [-0.05, 0) is 31.9 Å². The molecule has 1 heterocycles. The molecule has 0 bridgehead atoms. The van der Waals surface area contributed by atoms with Crippen LogP contribution < -0.4 is 15.5 Å². The van der Waals surface area contributed by atoms with Crippen LogP contribution in [0.25, 0.3) is 0 Å². The summed E-state index contributed by atoms with van der Waals surface area (Å²) in [5.74, 6) is 0.869. The Morgan fingerprint density at radius 1 is 1.32 bits per heavy atom. The van der Waals surface area contributed by atoms with Gasteiger partial charge < -0.3 is 25.0 Å². The Bertz CT molecular complexity index is 489. The van der Waals surface area contributed by atoms with Crippen molar-refractivity contribution in [3.05, 3.63) is 30.3 Å². The molecule has 1 fully saturated rings. The van der Waals surface area contributed by atoms with E-state index in [0.29, 0.717) is 0 Å². The van der Waals surface area contributed by atoms with Crippen LogP contribution in [0.1, 0.15) is 19.8 Å². The molecular weight excluding hydrogens is 316 g/mol. The minimum Gasteiger partial charge on any atom is -0.379 e. The van der Waals surface area contributed by atoms with Gasteiger partial charge in [-0.15, -0.1) is 0 Å². The number of nitrogens with zero attached hydrogens (tertiary/aromatic N) is 2. The van der Waals surface area contributed by atoms with Crippen LogP contribution >= 0.6 is 0 Å². The summed E-state index contributed by atoms with van der Waals surface area (Å²) in [6.45, 7) is 7.77. The summed E-state index contributed by atoms with van der Waals surface area (Å²) in [5.41, 5.74) is 1.22. The van der Waals surface area contributed by atoms with Crippen molar-refractivity contribution >= 4 is 11.6 Å². The predicted molar refractivity (Wildman–Crippen MR) is 103 cm³/mol. The molecule has 2 rings (SSSR count). The largest absolute Gasteiger partial charge is 0.379 e. The first-order chi connectivity index (χ1) is 12.3. The molecule has 2 N–H and O–H groups in total. The summed E-state index contributed by atoms with van der Waals surface area (Å²) in [4.78, 5) is 6.84. The average molecular weight is 348 g/mol. The van der Waals surface area contributed by atoms with Crippen molar-refractivity contribution in [2.45, 2.75) is 25.9 Å². The zero-order valence-electron chi connectivity index (χ0n) is 15.5. The lowest BCUT2D eigenvalue weighted by Crippen LogP contribution is -2.41. The van der Waals surface area contributed by atoms with Crippen molar-refractivity contribution in [1.29, 1.82) is 0 Å². The van der Waals surface area contributed by atoms with Crippen molar-refractivity contribution in [2.24, 2.45) is 4.99 Å². The molecule has 1 aliphatic heterocycles. The first kappa shape index (κ1) is 19.5. The van der Waals surface area contributed by atoms with Gasteiger partial charge in [0.25, 0.3) is 0 Å². The summed E-state index contributed by atoms with van der Waals surface area (Å²) in [6.07, 6.45) is 2.23. The third-order valence-electron chi connectivity index (χ3n) is 4.09. The van der Waals surface area contributed by atoms with Gasteiger partial charge in [0.05, 0.1) is 12.7 Å². The molecule has 6 heteroatoms. The van der Waals surface area contributed by atoms with Crippen LogP contribution in [0.5, 0.6) is 0 Å². The van der Waals surface area contributed by atoms with Crippen LogP contribution in [0.3, 0.4) is 0 Å². The van der Waals surface area contributed by atoms with E-state index in [1.165, 1.54) is 5.69 Å². The quantitative estimate of drug-likeness (QED) is 0.384. The third kappa shape index (κ3) is 7.75. The fourth-order valence-corrected chi connectivity index (χ4v) is 2.65. The average Bonchev–Trinajstić information content (AvgIpc) is 3.15. The highest BCUT2D eigenvalue weighted by Crippen LogP contribution is 2.10. The van der Waals surface area contributed by atoms with E-state index in [1.807, 2.05) is 6.07 Å². The van der Waals surface area contributed by atoms with E-state index in [9.17, 15) is 0 Å². The SMILES string of the molecule is CCNC(=NCCCOC1CCOC1)NCCN(C)c1ccccc1. The third-order valence-corrected chi connectivity index (χ3v) is 4.09. The molecule has 1 unspecified atom stereocenters. The second-order valence-electron chi connectivity index (χ2n) is 6.15. The van der Waals surface area contributed by atoms with Crippen LogP contribution in [-0.4, -0.2) is 65.1 Å². The number of aliphatic imine (C=N–C) groups is 1. The normalized spacial score (nSPS) is 17.5. The van der Waals surface area contributed by atoms with Crippen LogP contribution in [0, 0.1) is 0 Å². The molecule has 0 saturated carbocycles. The Hall–Kier alpha value is -1.79. The van der Waals surface area contributed by atoms with Gasteiger partial charge >= 0.3 is 0 Å². The summed E-state index contributed by atoms with van der Waals surface area (Å²) < 4.78 is 11.1. The molecule has 1 aromatic carbocycles. The van der Waals surface area contributed by atoms with E-state index in [4.69, 9.17) is 9.47 Å². The van der Waals surface area contributed by atoms with Gasteiger partial charge in [-0.25, -0.2) is 0 Å². The molecule has 1 aliphatic rings. The number of guanidine groups is 1. The van der Waals surface area contributed by atoms with Gasteiger partial charge in [0.15, 0.2) is 5.96 Å². The molecule has 25 heavy (non-hydrogen) atoms. The molecule has 6 nitrogen and oxygen atoms in total. The van der Waals surface area contributed by atoms with E-state index in [0.717, 1.165) is 64.8 Å². The van der Waals surface area contributed by atoms with E-state index in [-0.39, 0.29) is 6.10 Å². The Morgan fingerprint density at radius 2 is 2.16 bits per heavy atom. The van der Waals surface area contributed by atoms with E-state index >= 15 is 0 Å². The standard InChI is InChI=1S/C19H32N4O2/c1-3-20-19(21-11-7-14-25-18-10-15-24-16-18)22-12-13-23(2)17-8-5-4-6-9-17/h4-6,8-9,18H,3,7,10-16H2,1-2H3,(H2,20,21,22). The maximum atomic E-state index is 5.76. The first-order valence-corrected chi connectivity index (χ1v) is 9.27. The Kier molecular flexibility index (Phi) is 9.15. The lowest BCUT2D eigenvalue weighted by molar-refractivity contribution is 0.0424. The highest BCUT2D eigenvalue weighted by molar-refractivity contribution is 5.79. The van der Waals surface area contributed by atoms with Crippen molar-refractivity contribution in [3.63, 3.8) is 0 Å². The number of hydrogen-bond acceptors (Lipinski definition) is 4. The monoisotopic (exact) mass is 348 g/mol. The number of ether oxygens (including phenoxy) is 2. The lowest BCUT2D eigenvalue weighted by Gasteiger charge is -2.20. The van der Waals surface area contributed by atoms with Gasteiger partial charge in [-0.1, -0.05) is 18.2 Å². The van der Waals surface area contributed by atoms with Crippen molar-refractivity contribution in [3.8, 4) is 0 Å². The molecule has 0 aliphatic carbocycles. The van der Waals surface area contributed by atoms with Gasteiger partial charge in [-0.3, -0.25) is 4.99 Å². The van der Waals surface area contributed by atoms with Gasteiger partial charge in [0, 0.05) is 52.1 Å². The number of hydrogen-bond donors (Lipinski definition) is 2. The van der Waals surface area contributed by atoms with Crippen molar-refractivity contribution in [1.82, 2.24) is 10.6 Å². The van der Waals surface area contributed by atoms with E-state index < -0.39 is 0 Å². The van der Waals surface area contributed by atoms with Gasteiger partial charge in [-0.2, -0.15) is 0 Å². The fourth-order valence-electron chi connectivity index (χ4n) is 2.65. The van der Waals surface area contributed by atoms with E-state index in [1.54, 1.807) is 0 Å². The van der Waals surface area contributed by atoms with Gasteiger partial charge in [0.1, 0.15) is 0 Å². The molecule has 0 amide bonds. The van der Waals surface area contributed by atoms with Crippen LogP contribution in [0.15, 0.2) is 35.3 Å². The molecule has 1 atom stereocenters. The lowest BCUT2D eigenvalue weighted by atomic mass is 10.3. The molecule has 140 valence electrons. The number of anilines is 1. The topological polar surface area (TPSA) is 58.1 Å². The summed E-state index contributed by atoms with van der Waals surface area (Å²) >= 11 is 0.